The second-order valence-corrected chi connectivity index (χ2v) is 6.77. The zero-order valence-corrected chi connectivity index (χ0v) is 15.8. The molecule has 1 heterocycles. The van der Waals surface area contributed by atoms with E-state index in [1.54, 1.807) is 12.1 Å². The Hall–Kier alpha value is -3.32. The molecular weight excluding hydrogens is 379 g/mol. The number of aryl methyl sites for hydroxylation is 1. The summed E-state index contributed by atoms with van der Waals surface area (Å²) >= 11 is 1.28. The van der Waals surface area contributed by atoms with Gasteiger partial charge in [-0.25, -0.2) is 14.2 Å². The van der Waals surface area contributed by atoms with Crippen LogP contribution in [0.4, 0.5) is 9.52 Å². The predicted octanol–water partition coefficient (Wildman–Crippen LogP) is 4.45. The van der Waals surface area contributed by atoms with Crippen molar-refractivity contribution in [1.29, 1.82) is 0 Å². The zero-order chi connectivity index (χ0) is 19.9. The first-order chi connectivity index (χ1) is 13.5. The van der Waals surface area contributed by atoms with E-state index in [0.29, 0.717) is 5.13 Å². The summed E-state index contributed by atoms with van der Waals surface area (Å²) in [7, 11) is 0. The van der Waals surface area contributed by atoms with E-state index in [2.05, 4.69) is 10.3 Å². The minimum Gasteiger partial charge on any atom is -0.452 e. The molecule has 0 fully saturated rings. The lowest BCUT2D eigenvalue weighted by Gasteiger charge is -2.02. The highest BCUT2D eigenvalue weighted by molar-refractivity contribution is 7.14. The van der Waals surface area contributed by atoms with Gasteiger partial charge in [-0.1, -0.05) is 48.0 Å². The number of ether oxygens (including phenoxy) is 1. The van der Waals surface area contributed by atoms with Crippen molar-refractivity contribution < 1.29 is 18.7 Å². The van der Waals surface area contributed by atoms with Crippen LogP contribution in [0.15, 0.2) is 60.0 Å². The second kappa shape index (κ2) is 9.05. The molecule has 1 N–H and O–H groups in total. The van der Waals surface area contributed by atoms with E-state index in [1.807, 2.05) is 36.6 Å². The minimum atomic E-state index is -0.738. The number of carbonyl (C=O) groups is 2. The topological polar surface area (TPSA) is 68.3 Å². The molecule has 0 unspecified atom stereocenters. The van der Waals surface area contributed by atoms with E-state index in [4.69, 9.17) is 4.74 Å². The molecule has 1 amide bonds. The van der Waals surface area contributed by atoms with Crippen molar-refractivity contribution in [2.45, 2.75) is 6.92 Å². The minimum absolute atomic E-state index is 0.260. The Morgan fingerprint density at radius 1 is 1.18 bits per heavy atom. The number of rotatable bonds is 6. The quantitative estimate of drug-likeness (QED) is 0.494. The molecule has 0 atom stereocenters. The van der Waals surface area contributed by atoms with Crippen molar-refractivity contribution in [1.82, 2.24) is 4.98 Å². The average Bonchev–Trinajstić information content (AvgIpc) is 3.14. The molecule has 0 saturated carbocycles. The van der Waals surface area contributed by atoms with Gasteiger partial charge in [0, 0.05) is 22.6 Å². The van der Waals surface area contributed by atoms with Crippen LogP contribution in [-0.2, 0) is 14.3 Å². The molecule has 0 aliphatic heterocycles. The fourth-order valence-electron chi connectivity index (χ4n) is 2.30. The zero-order valence-electron chi connectivity index (χ0n) is 15.0. The van der Waals surface area contributed by atoms with Crippen molar-refractivity contribution in [2.24, 2.45) is 0 Å². The summed E-state index contributed by atoms with van der Waals surface area (Å²) in [6.07, 6.45) is 2.37. The number of amides is 1. The van der Waals surface area contributed by atoms with E-state index in [0.717, 1.165) is 22.9 Å². The van der Waals surface area contributed by atoms with Crippen LogP contribution in [0.25, 0.3) is 17.3 Å². The van der Waals surface area contributed by atoms with Gasteiger partial charge in [-0.2, -0.15) is 0 Å². The summed E-state index contributed by atoms with van der Waals surface area (Å²) in [5.41, 5.74) is 3.12. The molecule has 0 aliphatic carbocycles. The van der Waals surface area contributed by atoms with Crippen LogP contribution in [0.3, 0.4) is 0 Å². The standard InChI is InChI=1S/C21H17FN2O3S/c1-14-6-8-16(9-7-14)18-13-28-21(23-18)24-19(25)12-27-20(26)11-10-15-4-2-3-5-17(15)22/h2-11,13H,12H2,1H3,(H,23,24,25)/b11-10+. The number of nitrogens with zero attached hydrogens (tertiary/aromatic N) is 1. The van der Waals surface area contributed by atoms with Crippen LogP contribution in [0, 0.1) is 12.7 Å². The van der Waals surface area contributed by atoms with Gasteiger partial charge in [-0.05, 0) is 19.1 Å². The number of carbonyl (C=O) groups excluding carboxylic acids is 2. The van der Waals surface area contributed by atoms with Crippen LogP contribution in [0.2, 0.25) is 0 Å². The molecule has 7 heteroatoms. The number of nitrogens with one attached hydrogen (secondary N) is 1. The molecule has 142 valence electrons. The molecule has 2 aromatic carbocycles. The first kappa shape index (κ1) is 19.4. The Balaban J connectivity index is 1.50. The molecule has 3 aromatic rings. The lowest BCUT2D eigenvalue weighted by molar-refractivity contribution is -0.142. The molecule has 0 bridgehead atoms. The van der Waals surface area contributed by atoms with Crippen molar-refractivity contribution in [3.63, 3.8) is 0 Å². The van der Waals surface area contributed by atoms with E-state index < -0.39 is 24.3 Å². The maximum Gasteiger partial charge on any atom is 0.331 e. The highest BCUT2D eigenvalue weighted by Gasteiger charge is 2.10. The third-order valence-corrected chi connectivity index (χ3v) is 4.51. The SMILES string of the molecule is Cc1ccc(-c2csc(NC(=O)COC(=O)/C=C/c3ccccc3F)n2)cc1. The molecule has 0 spiro atoms. The number of esters is 1. The molecule has 28 heavy (non-hydrogen) atoms. The molecule has 0 saturated heterocycles. The summed E-state index contributed by atoms with van der Waals surface area (Å²) in [5.74, 6) is -1.69. The first-order valence-electron chi connectivity index (χ1n) is 8.43. The van der Waals surface area contributed by atoms with E-state index in [9.17, 15) is 14.0 Å². The van der Waals surface area contributed by atoms with Gasteiger partial charge in [0.05, 0.1) is 5.69 Å². The van der Waals surface area contributed by atoms with Gasteiger partial charge in [0.25, 0.3) is 5.91 Å². The smallest absolute Gasteiger partial charge is 0.331 e. The van der Waals surface area contributed by atoms with Gasteiger partial charge in [0.1, 0.15) is 5.82 Å². The van der Waals surface area contributed by atoms with Crippen molar-refractivity contribution in [2.75, 3.05) is 11.9 Å². The van der Waals surface area contributed by atoms with Gasteiger partial charge in [-0.3, -0.25) is 10.1 Å². The maximum atomic E-state index is 13.5. The number of thiazole rings is 1. The van der Waals surface area contributed by atoms with Crippen LogP contribution < -0.4 is 5.32 Å². The summed E-state index contributed by atoms with van der Waals surface area (Å²) in [6, 6.07) is 13.9. The normalized spacial score (nSPS) is 10.8. The van der Waals surface area contributed by atoms with Crippen molar-refractivity contribution in [3.05, 3.63) is 76.9 Å². The van der Waals surface area contributed by atoms with Crippen LogP contribution in [0.5, 0.6) is 0 Å². The van der Waals surface area contributed by atoms with Gasteiger partial charge in [0.15, 0.2) is 11.7 Å². The summed E-state index contributed by atoms with van der Waals surface area (Å²) in [6.45, 7) is 1.54. The second-order valence-electron chi connectivity index (χ2n) is 5.91. The largest absolute Gasteiger partial charge is 0.452 e. The highest BCUT2D eigenvalue weighted by atomic mass is 32.1. The maximum absolute atomic E-state index is 13.5. The number of hydrogen-bond acceptors (Lipinski definition) is 5. The van der Waals surface area contributed by atoms with Crippen LogP contribution >= 0.6 is 11.3 Å². The summed E-state index contributed by atoms with van der Waals surface area (Å²) in [4.78, 5) is 28.0. The number of benzene rings is 2. The Kier molecular flexibility index (Phi) is 6.29. The Morgan fingerprint density at radius 3 is 2.68 bits per heavy atom. The lowest BCUT2D eigenvalue weighted by atomic mass is 10.1. The van der Waals surface area contributed by atoms with E-state index in [1.165, 1.54) is 29.5 Å². The molecule has 3 rings (SSSR count). The summed E-state index contributed by atoms with van der Waals surface area (Å²) < 4.78 is 18.3. The van der Waals surface area contributed by atoms with Crippen molar-refractivity contribution in [3.8, 4) is 11.3 Å². The van der Waals surface area contributed by atoms with Crippen LogP contribution in [-0.4, -0.2) is 23.5 Å². The molecule has 1 aromatic heterocycles. The predicted molar refractivity (Wildman–Crippen MR) is 107 cm³/mol. The monoisotopic (exact) mass is 396 g/mol. The average molecular weight is 396 g/mol. The Morgan fingerprint density at radius 2 is 1.93 bits per heavy atom. The Bertz CT molecular complexity index is 1010. The first-order valence-corrected chi connectivity index (χ1v) is 9.31. The van der Waals surface area contributed by atoms with E-state index >= 15 is 0 Å². The van der Waals surface area contributed by atoms with E-state index in [-0.39, 0.29) is 5.56 Å². The number of anilines is 1. The lowest BCUT2D eigenvalue weighted by Crippen LogP contribution is -2.20. The number of hydrogen-bond donors (Lipinski definition) is 1. The molecular formula is C21H17FN2O3S. The van der Waals surface area contributed by atoms with Crippen molar-refractivity contribution >= 4 is 34.4 Å². The third-order valence-electron chi connectivity index (χ3n) is 3.75. The molecule has 5 nitrogen and oxygen atoms in total. The van der Waals surface area contributed by atoms with Gasteiger partial charge >= 0.3 is 5.97 Å². The van der Waals surface area contributed by atoms with Crippen LogP contribution in [0.1, 0.15) is 11.1 Å². The van der Waals surface area contributed by atoms with Gasteiger partial charge in [0.2, 0.25) is 0 Å². The summed E-state index contributed by atoms with van der Waals surface area (Å²) in [5, 5.41) is 4.84. The third kappa shape index (κ3) is 5.34. The van der Waals surface area contributed by atoms with Gasteiger partial charge < -0.3 is 4.74 Å². The van der Waals surface area contributed by atoms with Gasteiger partial charge in [-0.15, -0.1) is 11.3 Å². The Labute approximate surface area is 165 Å². The molecule has 0 radical (unpaired) electrons. The fourth-order valence-corrected chi connectivity index (χ4v) is 3.03. The molecule has 0 aliphatic rings. The number of aromatic nitrogens is 1. The number of halogens is 1. The fraction of sp³-hybridized carbons (Fsp3) is 0.0952. The highest BCUT2D eigenvalue weighted by Crippen LogP contribution is 2.25.